The molecule has 3 fully saturated rings. The summed E-state index contributed by atoms with van der Waals surface area (Å²) in [6, 6.07) is 16.1. The average Bonchev–Trinajstić information content (AvgIpc) is 3.60. The quantitative estimate of drug-likeness (QED) is 0.349. The number of amides is 3. The Labute approximate surface area is 260 Å². The summed E-state index contributed by atoms with van der Waals surface area (Å²) in [4.78, 5) is 50.3. The lowest BCUT2D eigenvalue weighted by molar-refractivity contribution is -0.145. The molecule has 44 heavy (non-hydrogen) atoms. The van der Waals surface area contributed by atoms with Crippen molar-refractivity contribution in [2.24, 2.45) is 11.8 Å². The lowest BCUT2D eigenvalue weighted by atomic mass is 9.66. The van der Waals surface area contributed by atoms with Gasteiger partial charge in [0.25, 0.3) is 5.91 Å². The number of carbonyl (C=O) groups is 3. The minimum atomic E-state index is -1.20. The van der Waals surface area contributed by atoms with Crippen molar-refractivity contribution in [3.63, 3.8) is 0 Å². The zero-order valence-corrected chi connectivity index (χ0v) is 26.0. The second-order valence-electron chi connectivity index (χ2n) is 12.0. The van der Waals surface area contributed by atoms with E-state index in [-0.39, 0.29) is 44.0 Å². The first kappa shape index (κ1) is 31.5. The van der Waals surface area contributed by atoms with Crippen LogP contribution in [0.3, 0.4) is 0 Å². The third-order valence-electron chi connectivity index (χ3n) is 9.63. The number of anilines is 3. The fraction of sp³-hybridized carbons (Fsp3) is 0.457. The van der Waals surface area contributed by atoms with Gasteiger partial charge in [0.05, 0.1) is 24.0 Å². The molecule has 0 aromatic heterocycles. The third kappa shape index (κ3) is 5.02. The molecule has 3 heterocycles. The molecule has 3 aliphatic rings. The SMILES string of the molecule is C=CCN(C(=O)C1N(CCO)C(=O)[C@@H]2[C@H](C(=O)N(CC=C)c3ccccc3)[C@]3(C)CCC12O3)c1ccc(N(CC)CC)cc1. The molecule has 9 nitrogen and oxygen atoms in total. The van der Waals surface area contributed by atoms with E-state index in [0.717, 1.165) is 18.8 Å². The van der Waals surface area contributed by atoms with E-state index in [9.17, 15) is 19.5 Å². The highest BCUT2D eigenvalue weighted by Gasteiger charge is 2.78. The number of aliphatic hydroxyl groups excluding tert-OH is 1. The summed E-state index contributed by atoms with van der Waals surface area (Å²) >= 11 is 0. The normalized spacial score (nSPS) is 26.8. The Bertz CT molecular complexity index is 1390. The molecule has 5 rings (SSSR count). The standard InChI is InChI=1S/C35H44N4O5/c1-6-21-37(26-13-11-10-12-14-26)31(41)28-29-32(42)39(23-24-40)30(35(29)20-19-34(28,5)44-35)33(43)38(22-7-2)27-17-15-25(16-18-27)36(8-3)9-4/h6-7,10-18,28-30,40H,1-2,8-9,19-24H2,3-5H3/t28-,29+,30?,34+,35?/m1/s1. The molecule has 0 radical (unpaired) electrons. The summed E-state index contributed by atoms with van der Waals surface area (Å²) in [5.74, 6) is -2.54. The van der Waals surface area contributed by atoms with Gasteiger partial charge in [-0.2, -0.15) is 0 Å². The third-order valence-corrected chi connectivity index (χ3v) is 9.63. The monoisotopic (exact) mass is 600 g/mol. The highest BCUT2D eigenvalue weighted by molar-refractivity contribution is 6.06. The molecular formula is C35H44N4O5. The molecule has 0 aliphatic carbocycles. The summed E-state index contributed by atoms with van der Waals surface area (Å²) in [5, 5.41) is 10.0. The molecule has 2 unspecified atom stereocenters. The molecule has 2 bridgehead atoms. The van der Waals surface area contributed by atoms with Crippen LogP contribution in [-0.2, 0) is 19.1 Å². The zero-order chi connectivity index (χ0) is 31.6. The van der Waals surface area contributed by atoms with Crippen molar-refractivity contribution >= 4 is 34.8 Å². The van der Waals surface area contributed by atoms with E-state index in [1.807, 2.05) is 61.5 Å². The van der Waals surface area contributed by atoms with Crippen LogP contribution in [0.1, 0.15) is 33.6 Å². The van der Waals surface area contributed by atoms with Gasteiger partial charge in [-0.15, -0.1) is 13.2 Å². The van der Waals surface area contributed by atoms with Crippen molar-refractivity contribution in [3.8, 4) is 0 Å². The van der Waals surface area contributed by atoms with Gasteiger partial charge in [0, 0.05) is 49.8 Å². The number of ether oxygens (including phenoxy) is 1. The van der Waals surface area contributed by atoms with Crippen molar-refractivity contribution in [3.05, 3.63) is 79.9 Å². The molecule has 5 atom stereocenters. The highest BCUT2D eigenvalue weighted by atomic mass is 16.5. The molecule has 2 aromatic rings. The van der Waals surface area contributed by atoms with Gasteiger partial charge in [-0.3, -0.25) is 14.4 Å². The van der Waals surface area contributed by atoms with Gasteiger partial charge in [0.15, 0.2) is 0 Å². The van der Waals surface area contributed by atoms with Crippen LogP contribution in [0.15, 0.2) is 79.9 Å². The van der Waals surface area contributed by atoms with Gasteiger partial charge >= 0.3 is 0 Å². The molecule has 3 amide bonds. The Morgan fingerprint density at radius 2 is 1.50 bits per heavy atom. The Morgan fingerprint density at radius 3 is 2.07 bits per heavy atom. The van der Waals surface area contributed by atoms with E-state index < -0.39 is 29.1 Å². The first-order valence-electron chi connectivity index (χ1n) is 15.6. The second kappa shape index (κ2) is 12.6. The fourth-order valence-electron chi connectivity index (χ4n) is 7.69. The lowest BCUT2D eigenvalue weighted by Crippen LogP contribution is -2.57. The molecule has 234 valence electrons. The number of fused-ring (bicyclic) bond motifs is 1. The van der Waals surface area contributed by atoms with E-state index in [4.69, 9.17) is 4.74 Å². The maximum atomic E-state index is 14.7. The molecular weight excluding hydrogens is 556 g/mol. The summed E-state index contributed by atoms with van der Waals surface area (Å²) in [7, 11) is 0. The van der Waals surface area contributed by atoms with E-state index in [1.54, 1.807) is 22.0 Å². The topological polar surface area (TPSA) is 93.6 Å². The minimum Gasteiger partial charge on any atom is -0.395 e. The van der Waals surface area contributed by atoms with Gasteiger partial charge in [-0.25, -0.2) is 0 Å². The van der Waals surface area contributed by atoms with Gasteiger partial charge in [-0.05, 0) is 70.0 Å². The fourth-order valence-corrected chi connectivity index (χ4v) is 7.69. The van der Waals surface area contributed by atoms with Crippen LogP contribution < -0.4 is 14.7 Å². The molecule has 3 saturated heterocycles. The highest BCUT2D eigenvalue weighted by Crippen LogP contribution is 2.63. The Morgan fingerprint density at radius 1 is 0.932 bits per heavy atom. The lowest BCUT2D eigenvalue weighted by Gasteiger charge is -2.37. The van der Waals surface area contributed by atoms with E-state index in [2.05, 4.69) is 31.9 Å². The summed E-state index contributed by atoms with van der Waals surface area (Å²) in [6.07, 6.45) is 4.31. The van der Waals surface area contributed by atoms with Crippen LogP contribution in [0.25, 0.3) is 0 Å². The second-order valence-corrected chi connectivity index (χ2v) is 12.0. The zero-order valence-electron chi connectivity index (χ0n) is 26.0. The van der Waals surface area contributed by atoms with Gasteiger partial charge in [-0.1, -0.05) is 30.4 Å². The number of hydrogen-bond acceptors (Lipinski definition) is 6. The Kier molecular flexibility index (Phi) is 9.00. The van der Waals surface area contributed by atoms with Crippen LogP contribution >= 0.6 is 0 Å². The minimum absolute atomic E-state index is 0.0354. The Hall–Kier alpha value is -3.95. The number of carbonyl (C=O) groups excluding carboxylic acids is 3. The smallest absolute Gasteiger partial charge is 0.253 e. The van der Waals surface area contributed by atoms with E-state index in [1.165, 1.54) is 4.90 Å². The van der Waals surface area contributed by atoms with Crippen LogP contribution in [0.4, 0.5) is 17.1 Å². The number of likely N-dealkylation sites (tertiary alicyclic amines) is 1. The predicted molar refractivity (Wildman–Crippen MR) is 173 cm³/mol. The Balaban J connectivity index is 1.54. The molecule has 0 saturated carbocycles. The average molecular weight is 601 g/mol. The van der Waals surface area contributed by atoms with Crippen LogP contribution in [-0.4, -0.2) is 84.3 Å². The van der Waals surface area contributed by atoms with Gasteiger partial charge < -0.3 is 29.4 Å². The molecule has 1 N–H and O–H groups in total. The van der Waals surface area contributed by atoms with E-state index >= 15 is 0 Å². The first-order valence-corrected chi connectivity index (χ1v) is 15.6. The summed E-state index contributed by atoms with van der Waals surface area (Å²) < 4.78 is 6.80. The predicted octanol–water partition coefficient (Wildman–Crippen LogP) is 4.03. The van der Waals surface area contributed by atoms with Crippen LogP contribution in [0, 0.1) is 11.8 Å². The summed E-state index contributed by atoms with van der Waals surface area (Å²) in [5.41, 5.74) is 0.304. The van der Waals surface area contributed by atoms with Crippen LogP contribution in [0.5, 0.6) is 0 Å². The van der Waals surface area contributed by atoms with Crippen molar-refractivity contribution in [1.29, 1.82) is 0 Å². The molecule has 2 aromatic carbocycles. The number of rotatable bonds is 13. The van der Waals surface area contributed by atoms with Crippen LogP contribution in [0.2, 0.25) is 0 Å². The van der Waals surface area contributed by atoms with Crippen molar-refractivity contribution in [1.82, 2.24) is 4.90 Å². The van der Waals surface area contributed by atoms with Gasteiger partial charge in [0.1, 0.15) is 11.6 Å². The molecule has 9 heteroatoms. The van der Waals surface area contributed by atoms with Crippen molar-refractivity contribution in [2.45, 2.75) is 50.9 Å². The maximum absolute atomic E-state index is 14.7. The number of hydrogen-bond donors (Lipinski definition) is 1. The molecule has 1 spiro atoms. The largest absolute Gasteiger partial charge is 0.395 e. The first-order chi connectivity index (χ1) is 21.2. The van der Waals surface area contributed by atoms with E-state index in [0.29, 0.717) is 24.2 Å². The van der Waals surface area contributed by atoms with Crippen molar-refractivity contribution in [2.75, 3.05) is 54.0 Å². The summed E-state index contributed by atoms with van der Waals surface area (Å²) in [6.45, 7) is 15.7. The van der Waals surface area contributed by atoms with Crippen molar-refractivity contribution < 1.29 is 24.2 Å². The maximum Gasteiger partial charge on any atom is 0.253 e. The number of β-amino-alcohol motifs (C(OH)–C–C–N with tert-alkyl or cyclic N) is 1. The number of aliphatic hydroxyl groups is 1. The number of para-hydroxylation sites is 1. The van der Waals surface area contributed by atoms with Gasteiger partial charge in [0.2, 0.25) is 11.8 Å². The number of nitrogens with zero attached hydrogens (tertiary/aromatic N) is 4. The molecule has 3 aliphatic heterocycles. The number of benzene rings is 2.